The summed E-state index contributed by atoms with van der Waals surface area (Å²) < 4.78 is 5.10. The number of primary amides is 1. The van der Waals surface area contributed by atoms with E-state index in [1.54, 1.807) is 24.3 Å². The summed E-state index contributed by atoms with van der Waals surface area (Å²) in [5, 5.41) is 10.6. The highest BCUT2D eigenvalue weighted by atomic mass is 35.5. The molecule has 22 heavy (non-hydrogen) atoms. The Hall–Kier alpha value is -2.79. The largest absolute Gasteiger partial charge is 0.508 e. The van der Waals surface area contributed by atoms with Crippen molar-refractivity contribution in [3.8, 4) is 16.9 Å². The molecule has 0 fully saturated rings. The molecule has 0 unspecified atom stereocenters. The number of carbonyl (C=O) groups excluding carboxylic acids is 1. The molecule has 0 spiro atoms. The van der Waals surface area contributed by atoms with E-state index >= 15 is 0 Å². The van der Waals surface area contributed by atoms with Crippen LogP contribution in [0.4, 0.5) is 0 Å². The topological polar surface area (TPSA) is 93.5 Å². The molecule has 0 bridgehead atoms. The van der Waals surface area contributed by atoms with Gasteiger partial charge in [-0.2, -0.15) is 0 Å². The van der Waals surface area contributed by atoms with E-state index in [1.165, 1.54) is 18.2 Å². The van der Waals surface area contributed by atoms with Crippen LogP contribution in [0.1, 0.15) is 10.4 Å². The number of hydrogen-bond acceptors (Lipinski definition) is 4. The zero-order valence-electron chi connectivity index (χ0n) is 11.2. The molecule has 1 amide bonds. The van der Waals surface area contributed by atoms with Gasteiger partial charge in [0.1, 0.15) is 16.9 Å². The van der Waals surface area contributed by atoms with Gasteiger partial charge in [0.25, 0.3) is 5.91 Å². The van der Waals surface area contributed by atoms with Crippen LogP contribution in [-0.4, -0.2) is 11.0 Å². The van der Waals surface area contributed by atoms with Gasteiger partial charge in [0, 0.05) is 16.0 Å². The van der Waals surface area contributed by atoms with E-state index in [0.29, 0.717) is 21.5 Å². The van der Waals surface area contributed by atoms with E-state index in [0.717, 1.165) is 0 Å². The van der Waals surface area contributed by atoms with Gasteiger partial charge in [-0.05, 0) is 35.9 Å². The average molecular weight is 316 g/mol. The zero-order valence-corrected chi connectivity index (χ0v) is 11.9. The summed E-state index contributed by atoms with van der Waals surface area (Å²) in [7, 11) is 0. The molecule has 0 saturated heterocycles. The minimum atomic E-state index is -0.899. The molecule has 6 heteroatoms. The number of fused-ring (bicyclic) bond motifs is 1. The molecule has 110 valence electrons. The number of hydrogen-bond donors (Lipinski definition) is 2. The fourth-order valence-corrected chi connectivity index (χ4v) is 2.46. The number of amides is 1. The zero-order chi connectivity index (χ0) is 15.9. The highest BCUT2D eigenvalue weighted by molar-refractivity contribution is 6.30. The highest BCUT2D eigenvalue weighted by Gasteiger charge is 2.20. The van der Waals surface area contributed by atoms with Crippen LogP contribution in [0.2, 0.25) is 5.02 Å². The summed E-state index contributed by atoms with van der Waals surface area (Å²) in [6.07, 6.45) is 0. The van der Waals surface area contributed by atoms with E-state index in [9.17, 15) is 14.7 Å². The van der Waals surface area contributed by atoms with Crippen LogP contribution < -0.4 is 11.4 Å². The standard InChI is InChI=1S/C16H10ClNO4/c17-9-3-1-8(2-4-9)13-11-7-10(19)5-6-12(11)22-16(21)14(13)15(18)20/h1-7,19H,(H2,18,20). The molecule has 2 aromatic carbocycles. The molecule has 5 nitrogen and oxygen atoms in total. The van der Waals surface area contributed by atoms with E-state index in [-0.39, 0.29) is 16.9 Å². The summed E-state index contributed by atoms with van der Waals surface area (Å²) in [5.74, 6) is -0.920. The fraction of sp³-hybridized carbons (Fsp3) is 0. The fourth-order valence-electron chi connectivity index (χ4n) is 2.33. The number of rotatable bonds is 2. The van der Waals surface area contributed by atoms with Gasteiger partial charge in [-0.1, -0.05) is 23.7 Å². The van der Waals surface area contributed by atoms with Crippen molar-refractivity contribution < 1.29 is 14.3 Å². The van der Waals surface area contributed by atoms with Gasteiger partial charge >= 0.3 is 5.63 Å². The third-order valence-corrected chi connectivity index (χ3v) is 3.52. The highest BCUT2D eigenvalue weighted by Crippen LogP contribution is 2.33. The van der Waals surface area contributed by atoms with E-state index in [4.69, 9.17) is 21.8 Å². The Bertz CT molecular complexity index is 945. The van der Waals surface area contributed by atoms with Crippen LogP contribution in [0.25, 0.3) is 22.1 Å². The summed E-state index contributed by atoms with van der Waals surface area (Å²) >= 11 is 5.86. The number of carbonyl (C=O) groups is 1. The number of halogens is 1. The first-order valence-electron chi connectivity index (χ1n) is 6.33. The van der Waals surface area contributed by atoms with Crippen LogP contribution in [0.15, 0.2) is 51.7 Å². The number of phenols is 1. The van der Waals surface area contributed by atoms with Crippen LogP contribution in [0.3, 0.4) is 0 Å². The van der Waals surface area contributed by atoms with Gasteiger partial charge in [0.05, 0.1) is 0 Å². The van der Waals surface area contributed by atoms with Crippen molar-refractivity contribution in [1.29, 1.82) is 0 Å². The van der Waals surface area contributed by atoms with Crippen LogP contribution in [0.5, 0.6) is 5.75 Å². The Morgan fingerprint density at radius 1 is 1.14 bits per heavy atom. The predicted octanol–water partition coefficient (Wildman–Crippen LogP) is 2.92. The Balaban J connectivity index is 2.49. The maximum absolute atomic E-state index is 12.1. The molecular weight excluding hydrogens is 306 g/mol. The summed E-state index contributed by atoms with van der Waals surface area (Å²) in [6.45, 7) is 0. The smallest absolute Gasteiger partial charge is 0.349 e. The van der Waals surface area contributed by atoms with Crippen molar-refractivity contribution >= 4 is 28.5 Å². The maximum Gasteiger partial charge on any atom is 0.349 e. The molecular formula is C16H10ClNO4. The summed E-state index contributed by atoms with van der Waals surface area (Å²) in [5.41, 5.74) is 5.37. The number of phenolic OH excluding ortho intramolecular Hbond substituents is 1. The van der Waals surface area contributed by atoms with Crippen molar-refractivity contribution in [2.45, 2.75) is 0 Å². The molecule has 3 rings (SSSR count). The van der Waals surface area contributed by atoms with Gasteiger partial charge in [-0.15, -0.1) is 0 Å². The normalized spacial score (nSPS) is 10.8. The van der Waals surface area contributed by atoms with Crippen LogP contribution in [0, 0.1) is 0 Å². The molecule has 1 heterocycles. The van der Waals surface area contributed by atoms with Gasteiger partial charge in [-0.25, -0.2) is 4.79 Å². The first kappa shape index (κ1) is 14.2. The minimum Gasteiger partial charge on any atom is -0.508 e. The second-order valence-corrected chi connectivity index (χ2v) is 5.13. The second kappa shape index (κ2) is 5.20. The monoisotopic (exact) mass is 315 g/mol. The van der Waals surface area contributed by atoms with Gasteiger partial charge in [-0.3, -0.25) is 4.79 Å². The molecule has 3 aromatic rings. The maximum atomic E-state index is 12.1. The Morgan fingerprint density at radius 3 is 2.45 bits per heavy atom. The molecule has 0 aliphatic heterocycles. The molecule has 0 atom stereocenters. The van der Waals surface area contributed by atoms with Crippen molar-refractivity contribution in [3.63, 3.8) is 0 Å². The Morgan fingerprint density at radius 2 is 1.82 bits per heavy atom. The van der Waals surface area contributed by atoms with Crippen molar-refractivity contribution in [2.75, 3.05) is 0 Å². The van der Waals surface area contributed by atoms with Gasteiger partial charge in [0.2, 0.25) is 0 Å². The quantitative estimate of drug-likeness (QED) is 0.711. The summed E-state index contributed by atoms with van der Waals surface area (Å²) in [4.78, 5) is 23.7. The number of aromatic hydroxyl groups is 1. The first-order chi connectivity index (χ1) is 10.5. The third kappa shape index (κ3) is 2.31. The predicted molar refractivity (Wildman–Crippen MR) is 83.1 cm³/mol. The Kier molecular flexibility index (Phi) is 3.35. The molecule has 1 aromatic heterocycles. The van der Waals surface area contributed by atoms with Crippen LogP contribution >= 0.6 is 11.6 Å². The van der Waals surface area contributed by atoms with Gasteiger partial charge in [0.15, 0.2) is 0 Å². The van der Waals surface area contributed by atoms with E-state index < -0.39 is 11.5 Å². The van der Waals surface area contributed by atoms with Crippen molar-refractivity contribution in [2.24, 2.45) is 5.73 Å². The second-order valence-electron chi connectivity index (χ2n) is 4.69. The molecule has 0 radical (unpaired) electrons. The lowest BCUT2D eigenvalue weighted by Gasteiger charge is -2.10. The van der Waals surface area contributed by atoms with E-state index in [2.05, 4.69) is 0 Å². The van der Waals surface area contributed by atoms with Crippen molar-refractivity contribution in [1.82, 2.24) is 0 Å². The first-order valence-corrected chi connectivity index (χ1v) is 6.71. The SMILES string of the molecule is NC(=O)c1c(-c2ccc(Cl)cc2)c2cc(O)ccc2oc1=O. The van der Waals surface area contributed by atoms with Crippen LogP contribution in [-0.2, 0) is 0 Å². The number of nitrogens with two attached hydrogens (primary N) is 1. The third-order valence-electron chi connectivity index (χ3n) is 3.27. The number of benzene rings is 2. The lowest BCUT2D eigenvalue weighted by atomic mass is 9.96. The molecule has 0 aliphatic carbocycles. The average Bonchev–Trinajstić information content (AvgIpc) is 2.47. The molecule has 0 saturated carbocycles. The Labute approximate surface area is 129 Å². The lowest BCUT2D eigenvalue weighted by Crippen LogP contribution is -2.22. The minimum absolute atomic E-state index is 0.0213. The van der Waals surface area contributed by atoms with Gasteiger partial charge < -0.3 is 15.3 Å². The van der Waals surface area contributed by atoms with E-state index in [1.807, 2.05) is 0 Å². The lowest BCUT2D eigenvalue weighted by molar-refractivity contribution is 0.0997. The molecule has 3 N–H and O–H groups in total. The summed E-state index contributed by atoms with van der Waals surface area (Å²) in [6, 6.07) is 10.8. The molecule has 0 aliphatic rings. The van der Waals surface area contributed by atoms with Crippen molar-refractivity contribution in [3.05, 3.63) is 63.5 Å².